The number of rotatable bonds is 6. The van der Waals surface area contributed by atoms with Crippen LogP contribution in [0.4, 0.5) is 59.7 Å². The fourth-order valence-corrected chi connectivity index (χ4v) is 4.62. The highest BCUT2D eigenvalue weighted by Gasteiger charge is 2.73. The monoisotopic (exact) mass is 753 g/mol. The SMILES string of the molecule is CN(C(=O)c1ccc(C(N)=O)cc1)c1cccc(C(=O)Nc2c(I)cc(C(F)(C(F)(F)F)C(F)(F)F)cc2C(F)(F)F)c1F. The van der Waals surface area contributed by atoms with Crippen molar-refractivity contribution in [3.63, 3.8) is 0 Å². The highest BCUT2D eigenvalue weighted by molar-refractivity contribution is 14.1. The van der Waals surface area contributed by atoms with Crippen LogP contribution in [0.3, 0.4) is 0 Å². The van der Waals surface area contributed by atoms with Crippen LogP contribution in [0.5, 0.6) is 0 Å². The number of halogens is 12. The first kappa shape index (κ1) is 34.5. The Morgan fingerprint density at radius 3 is 1.82 bits per heavy atom. The Bertz CT molecular complexity index is 1600. The normalized spacial score (nSPS) is 12.6. The molecule has 0 fully saturated rings. The van der Waals surface area contributed by atoms with Gasteiger partial charge in [-0.15, -0.1) is 0 Å². The van der Waals surface area contributed by atoms with Crippen molar-refractivity contribution >= 4 is 51.7 Å². The average molecular weight is 753 g/mol. The van der Waals surface area contributed by atoms with Gasteiger partial charge < -0.3 is 16.0 Å². The number of nitrogens with two attached hydrogens (primary N) is 1. The van der Waals surface area contributed by atoms with E-state index in [4.69, 9.17) is 5.73 Å². The van der Waals surface area contributed by atoms with E-state index in [1.54, 1.807) is 5.32 Å². The molecule has 0 aliphatic rings. The number of carbonyl (C=O) groups excluding carboxylic acids is 3. The first-order chi connectivity index (χ1) is 20.0. The summed E-state index contributed by atoms with van der Waals surface area (Å²) in [4.78, 5) is 37.6. The Hall–Kier alpha value is -3.97. The summed E-state index contributed by atoms with van der Waals surface area (Å²) in [6.07, 6.45) is -19.2. The van der Waals surface area contributed by atoms with Gasteiger partial charge in [0.05, 0.1) is 22.5 Å². The third-order valence-corrected chi connectivity index (χ3v) is 6.97. The molecule has 0 spiro atoms. The van der Waals surface area contributed by atoms with E-state index in [0.717, 1.165) is 47.8 Å². The maximum Gasteiger partial charge on any atom is 0.435 e. The van der Waals surface area contributed by atoms with E-state index >= 15 is 4.39 Å². The molecule has 0 aliphatic carbocycles. The summed E-state index contributed by atoms with van der Waals surface area (Å²) in [7, 11) is 1.07. The Morgan fingerprint density at radius 2 is 1.34 bits per heavy atom. The zero-order valence-corrected chi connectivity index (χ0v) is 23.6. The predicted molar refractivity (Wildman–Crippen MR) is 141 cm³/mol. The van der Waals surface area contributed by atoms with Crippen LogP contribution >= 0.6 is 22.6 Å². The van der Waals surface area contributed by atoms with Crippen LogP contribution in [0.25, 0.3) is 0 Å². The van der Waals surface area contributed by atoms with Crippen LogP contribution in [0.1, 0.15) is 42.2 Å². The Balaban J connectivity index is 2.05. The zero-order chi connectivity index (χ0) is 33.6. The van der Waals surface area contributed by atoms with E-state index in [1.165, 1.54) is 24.3 Å². The molecular formula is C26H15F11IN3O3. The number of alkyl halides is 10. The highest BCUT2D eigenvalue weighted by atomic mass is 127. The lowest BCUT2D eigenvalue weighted by molar-refractivity contribution is -0.348. The fraction of sp³-hybridized carbons (Fsp3) is 0.192. The van der Waals surface area contributed by atoms with Crippen LogP contribution in [0.15, 0.2) is 54.6 Å². The number of benzene rings is 3. The minimum absolute atomic E-state index is 0.0453. The summed E-state index contributed by atoms with van der Waals surface area (Å²) in [5, 5.41) is 1.60. The molecule has 0 radical (unpaired) electrons. The van der Waals surface area contributed by atoms with E-state index in [9.17, 15) is 58.3 Å². The van der Waals surface area contributed by atoms with Gasteiger partial charge in [-0.25, -0.2) is 8.78 Å². The second-order valence-electron chi connectivity index (χ2n) is 8.93. The van der Waals surface area contributed by atoms with Crippen molar-refractivity contribution in [1.29, 1.82) is 0 Å². The van der Waals surface area contributed by atoms with Gasteiger partial charge in [-0.1, -0.05) is 6.07 Å². The minimum atomic E-state index is -6.72. The number of anilines is 2. The van der Waals surface area contributed by atoms with Crippen LogP contribution < -0.4 is 16.0 Å². The number of nitrogens with zero attached hydrogens (tertiary/aromatic N) is 1. The molecule has 18 heteroatoms. The smallest absolute Gasteiger partial charge is 0.366 e. The van der Waals surface area contributed by atoms with Gasteiger partial charge in [0.15, 0.2) is 5.82 Å². The van der Waals surface area contributed by atoms with Crippen molar-refractivity contribution in [2.45, 2.75) is 24.2 Å². The second-order valence-corrected chi connectivity index (χ2v) is 10.1. The molecule has 236 valence electrons. The van der Waals surface area contributed by atoms with E-state index < -0.39 is 85.4 Å². The maximum absolute atomic E-state index is 15.4. The molecule has 0 aliphatic heterocycles. The van der Waals surface area contributed by atoms with Crippen LogP contribution in [-0.4, -0.2) is 37.1 Å². The number of hydrogen-bond acceptors (Lipinski definition) is 3. The molecule has 0 bridgehead atoms. The van der Waals surface area contributed by atoms with Gasteiger partial charge in [0.1, 0.15) is 0 Å². The second kappa shape index (κ2) is 11.8. The standard InChI is InChI=1S/C26H15F11IN3O3/c1-41(22(44)12-7-5-11(6-8-12)20(39)42)17-4-2-3-14(18(17)27)21(43)40-19-15(24(29,30)31)9-13(10-16(19)38)23(28,25(32,33)34)26(35,36)37/h2-10H,1H3,(H2,39,42)(H,40,43). The number of carbonyl (C=O) groups is 3. The molecule has 3 aromatic carbocycles. The van der Waals surface area contributed by atoms with E-state index in [1.807, 2.05) is 0 Å². The summed E-state index contributed by atoms with van der Waals surface area (Å²) in [5.41, 5.74) is -8.79. The average Bonchev–Trinajstić information content (AvgIpc) is 2.90. The van der Waals surface area contributed by atoms with Gasteiger partial charge in [0, 0.05) is 27.3 Å². The number of amides is 3. The molecule has 0 atom stereocenters. The molecule has 3 rings (SSSR count). The molecule has 0 heterocycles. The maximum atomic E-state index is 15.4. The topological polar surface area (TPSA) is 92.5 Å². The molecule has 6 nitrogen and oxygen atoms in total. The Labute approximate surface area is 253 Å². The van der Waals surface area contributed by atoms with Crippen molar-refractivity contribution in [3.05, 3.63) is 91.8 Å². The quantitative estimate of drug-likeness (QED) is 0.204. The molecule has 0 saturated carbocycles. The molecular weight excluding hydrogens is 738 g/mol. The van der Waals surface area contributed by atoms with E-state index in [-0.39, 0.29) is 17.2 Å². The summed E-state index contributed by atoms with van der Waals surface area (Å²) in [5.74, 6) is -4.77. The predicted octanol–water partition coefficient (Wildman–Crippen LogP) is 7.37. The molecule has 44 heavy (non-hydrogen) atoms. The molecule has 0 aromatic heterocycles. The first-order valence-corrected chi connectivity index (χ1v) is 12.6. The number of primary amides is 1. The van der Waals surface area contributed by atoms with Crippen molar-refractivity contribution in [1.82, 2.24) is 0 Å². The first-order valence-electron chi connectivity index (χ1n) is 11.5. The molecule has 3 aromatic rings. The van der Waals surface area contributed by atoms with E-state index in [0.29, 0.717) is 4.90 Å². The van der Waals surface area contributed by atoms with Gasteiger partial charge >= 0.3 is 24.2 Å². The van der Waals surface area contributed by atoms with Gasteiger partial charge in [-0.3, -0.25) is 14.4 Å². The van der Waals surface area contributed by atoms with Gasteiger partial charge in [-0.05, 0) is 71.1 Å². The third kappa shape index (κ3) is 6.43. The largest absolute Gasteiger partial charge is 0.435 e. The third-order valence-electron chi connectivity index (χ3n) is 6.12. The van der Waals surface area contributed by atoms with Crippen molar-refractivity contribution in [2.24, 2.45) is 5.73 Å². The number of nitrogens with one attached hydrogen (secondary N) is 1. The van der Waals surface area contributed by atoms with Crippen LogP contribution in [-0.2, 0) is 11.8 Å². The van der Waals surface area contributed by atoms with Crippen molar-refractivity contribution in [2.75, 3.05) is 17.3 Å². The summed E-state index contributed by atoms with van der Waals surface area (Å²) >= 11 is 0.856. The van der Waals surface area contributed by atoms with E-state index in [2.05, 4.69) is 0 Å². The fourth-order valence-electron chi connectivity index (χ4n) is 3.86. The summed E-state index contributed by atoms with van der Waals surface area (Å²) in [6, 6.07) is 6.63. The molecule has 3 amide bonds. The van der Waals surface area contributed by atoms with Crippen LogP contribution in [0, 0.1) is 9.39 Å². The van der Waals surface area contributed by atoms with Crippen molar-refractivity contribution in [3.8, 4) is 0 Å². The van der Waals surface area contributed by atoms with Crippen molar-refractivity contribution < 1.29 is 62.7 Å². The van der Waals surface area contributed by atoms with Gasteiger partial charge in [0.2, 0.25) is 5.91 Å². The Kier molecular flexibility index (Phi) is 9.29. The molecule has 3 N–H and O–H groups in total. The highest BCUT2D eigenvalue weighted by Crippen LogP contribution is 2.54. The molecule has 0 unspecified atom stereocenters. The number of hydrogen-bond donors (Lipinski definition) is 2. The lowest BCUT2D eigenvalue weighted by Gasteiger charge is -2.31. The lowest BCUT2D eigenvalue weighted by atomic mass is 9.92. The van der Waals surface area contributed by atoms with Gasteiger partial charge in [0.25, 0.3) is 11.8 Å². The van der Waals surface area contributed by atoms with Gasteiger partial charge in [-0.2, -0.15) is 39.5 Å². The summed E-state index contributed by atoms with van der Waals surface area (Å²) < 4.78 is 150. The minimum Gasteiger partial charge on any atom is -0.366 e. The Morgan fingerprint density at radius 1 is 0.818 bits per heavy atom. The zero-order valence-electron chi connectivity index (χ0n) is 21.5. The lowest BCUT2D eigenvalue weighted by Crippen LogP contribution is -2.50. The summed E-state index contributed by atoms with van der Waals surface area (Å²) in [6.45, 7) is 0. The molecule has 0 saturated heterocycles. The van der Waals surface area contributed by atoms with Crippen LogP contribution in [0.2, 0.25) is 0 Å².